The summed E-state index contributed by atoms with van der Waals surface area (Å²) in [5.74, 6) is -0.991. The third-order valence-electron chi connectivity index (χ3n) is 7.74. The number of hydrogen-bond donors (Lipinski definition) is 2. The second-order valence-electron chi connectivity index (χ2n) is 11.7. The van der Waals surface area contributed by atoms with E-state index in [1.807, 2.05) is 60.8 Å². The highest BCUT2D eigenvalue weighted by Gasteiger charge is 2.21. The summed E-state index contributed by atoms with van der Waals surface area (Å²) >= 11 is 0. The second kappa shape index (κ2) is 28.4. The van der Waals surface area contributed by atoms with Crippen molar-refractivity contribution in [2.24, 2.45) is 11.8 Å². The number of ketones is 2. The van der Waals surface area contributed by atoms with Crippen LogP contribution in [0.5, 0.6) is 0 Å². The first kappa shape index (κ1) is 43.2. The molecule has 0 spiro atoms. The van der Waals surface area contributed by atoms with Gasteiger partial charge in [-0.25, -0.2) is 0 Å². The molecule has 6 heteroatoms. The van der Waals surface area contributed by atoms with Crippen molar-refractivity contribution in [2.45, 2.75) is 124 Å². The molecular weight excluding hydrogens is 588 g/mol. The first-order valence-corrected chi connectivity index (χ1v) is 17.2. The maximum Gasteiger partial charge on any atom is 0.303 e. The quantitative estimate of drug-likeness (QED) is 0.0687. The molecule has 0 bridgehead atoms. The molecule has 2 atom stereocenters. The SMILES string of the molecule is C.CCCCC/C=C/C=C1/C(=O)C=C[C@@H]1C/C=C\CCCC(=O)O.CCCCC/C=C/C=C1/C(=O)C=C[C@@H]1C/C=C\CCCC(=O)O. The fraction of sp³-hybridized carbons (Fsp3) is 0.512. The van der Waals surface area contributed by atoms with Crippen molar-refractivity contribution in [1.29, 1.82) is 0 Å². The van der Waals surface area contributed by atoms with E-state index in [2.05, 4.69) is 26.0 Å². The van der Waals surface area contributed by atoms with Gasteiger partial charge in [0.2, 0.25) is 0 Å². The number of aliphatic carboxylic acids is 2. The average molecular weight is 649 g/mol. The van der Waals surface area contributed by atoms with E-state index in [1.165, 1.54) is 38.5 Å². The van der Waals surface area contributed by atoms with Crippen LogP contribution in [0.25, 0.3) is 0 Å². The predicted octanol–water partition coefficient (Wildman–Crippen LogP) is 10.6. The largest absolute Gasteiger partial charge is 0.481 e. The average Bonchev–Trinajstić information content (AvgIpc) is 3.56. The zero-order valence-corrected chi connectivity index (χ0v) is 28.1. The van der Waals surface area contributed by atoms with E-state index < -0.39 is 11.9 Å². The predicted molar refractivity (Wildman–Crippen MR) is 195 cm³/mol. The zero-order chi connectivity index (χ0) is 33.8. The summed E-state index contributed by atoms with van der Waals surface area (Å²) in [6, 6.07) is 0. The molecular formula is C41H60O6. The van der Waals surface area contributed by atoms with Crippen LogP contribution in [0.15, 0.2) is 96.2 Å². The van der Waals surface area contributed by atoms with Gasteiger partial charge in [0.15, 0.2) is 11.6 Å². The van der Waals surface area contributed by atoms with Gasteiger partial charge in [-0.05, 0) is 76.4 Å². The Morgan fingerprint density at radius 2 is 0.979 bits per heavy atom. The fourth-order valence-electron chi connectivity index (χ4n) is 5.02. The molecule has 0 aromatic heterocycles. The van der Waals surface area contributed by atoms with Crippen LogP contribution in [-0.4, -0.2) is 33.7 Å². The molecule has 0 unspecified atom stereocenters. The van der Waals surface area contributed by atoms with Gasteiger partial charge in [-0.3, -0.25) is 19.2 Å². The van der Waals surface area contributed by atoms with Crippen LogP contribution in [-0.2, 0) is 19.2 Å². The topological polar surface area (TPSA) is 109 Å². The van der Waals surface area contributed by atoms with Crippen LogP contribution in [0, 0.1) is 11.8 Å². The van der Waals surface area contributed by atoms with Gasteiger partial charge in [0, 0.05) is 35.8 Å². The summed E-state index contributed by atoms with van der Waals surface area (Å²) in [6.07, 6.45) is 41.8. The van der Waals surface area contributed by atoms with Crippen LogP contribution in [0.3, 0.4) is 0 Å². The minimum absolute atomic E-state index is 0. The van der Waals surface area contributed by atoms with E-state index in [0.29, 0.717) is 12.8 Å². The van der Waals surface area contributed by atoms with Gasteiger partial charge in [-0.2, -0.15) is 0 Å². The maximum atomic E-state index is 11.9. The molecule has 0 aromatic rings. The molecule has 47 heavy (non-hydrogen) atoms. The smallest absolute Gasteiger partial charge is 0.303 e. The number of carbonyl (C=O) groups excluding carboxylic acids is 2. The van der Waals surface area contributed by atoms with E-state index in [9.17, 15) is 19.2 Å². The van der Waals surface area contributed by atoms with E-state index in [4.69, 9.17) is 10.2 Å². The normalized spacial score (nSPS) is 19.2. The molecule has 0 saturated heterocycles. The summed E-state index contributed by atoms with van der Waals surface area (Å²) in [6.45, 7) is 4.38. The molecule has 0 amide bonds. The molecule has 0 saturated carbocycles. The minimum Gasteiger partial charge on any atom is -0.481 e. The van der Waals surface area contributed by atoms with Crippen molar-refractivity contribution in [1.82, 2.24) is 0 Å². The van der Waals surface area contributed by atoms with Crippen molar-refractivity contribution >= 4 is 23.5 Å². The number of rotatable bonds is 22. The van der Waals surface area contributed by atoms with Crippen LogP contribution in [0.1, 0.15) is 124 Å². The van der Waals surface area contributed by atoms with Crippen LogP contribution in [0.4, 0.5) is 0 Å². The number of carboxylic acid groups (broad SMARTS) is 2. The Labute approximate surface area is 284 Å². The molecule has 6 nitrogen and oxygen atoms in total. The van der Waals surface area contributed by atoms with E-state index >= 15 is 0 Å². The lowest BCUT2D eigenvalue weighted by Gasteiger charge is -2.06. The van der Waals surface area contributed by atoms with Crippen molar-refractivity contribution in [3.63, 3.8) is 0 Å². The zero-order valence-electron chi connectivity index (χ0n) is 28.1. The highest BCUT2D eigenvalue weighted by molar-refractivity contribution is 6.08. The molecule has 260 valence electrons. The van der Waals surface area contributed by atoms with Crippen molar-refractivity contribution < 1.29 is 29.4 Å². The highest BCUT2D eigenvalue weighted by atomic mass is 16.4. The highest BCUT2D eigenvalue weighted by Crippen LogP contribution is 2.26. The van der Waals surface area contributed by atoms with Crippen molar-refractivity contribution in [2.75, 3.05) is 0 Å². The Hall–Kier alpha value is -3.80. The monoisotopic (exact) mass is 648 g/mol. The van der Waals surface area contributed by atoms with E-state index in [0.717, 1.165) is 49.7 Å². The van der Waals surface area contributed by atoms with Crippen LogP contribution < -0.4 is 0 Å². The van der Waals surface area contributed by atoms with Gasteiger partial charge in [0.1, 0.15) is 0 Å². The molecule has 0 fully saturated rings. The van der Waals surface area contributed by atoms with Gasteiger partial charge >= 0.3 is 11.9 Å². The third-order valence-corrected chi connectivity index (χ3v) is 7.74. The molecule has 2 N–H and O–H groups in total. The first-order valence-electron chi connectivity index (χ1n) is 17.2. The van der Waals surface area contributed by atoms with E-state index in [-0.39, 0.29) is 43.7 Å². The van der Waals surface area contributed by atoms with Crippen LogP contribution in [0.2, 0.25) is 0 Å². The molecule has 2 rings (SSSR count). The summed E-state index contributed by atoms with van der Waals surface area (Å²) in [4.78, 5) is 44.6. The molecule has 0 heterocycles. The lowest BCUT2D eigenvalue weighted by atomic mass is 9.97. The summed E-state index contributed by atoms with van der Waals surface area (Å²) in [7, 11) is 0. The van der Waals surface area contributed by atoms with Crippen molar-refractivity contribution in [3.05, 3.63) is 96.2 Å². The van der Waals surface area contributed by atoms with E-state index in [1.54, 1.807) is 12.2 Å². The van der Waals surface area contributed by atoms with Gasteiger partial charge in [0.05, 0.1) is 0 Å². The number of carboxylic acids is 2. The Bertz CT molecular complexity index is 1080. The summed E-state index contributed by atoms with van der Waals surface area (Å²) in [5.41, 5.74) is 1.71. The van der Waals surface area contributed by atoms with Gasteiger partial charge in [0.25, 0.3) is 0 Å². The number of allylic oxidation sites excluding steroid dienone is 16. The van der Waals surface area contributed by atoms with Crippen molar-refractivity contribution in [3.8, 4) is 0 Å². The van der Waals surface area contributed by atoms with Gasteiger partial charge in [-0.1, -0.05) is 120 Å². The summed E-state index contributed by atoms with van der Waals surface area (Å²) in [5, 5.41) is 17.1. The first-order chi connectivity index (χ1) is 22.3. The standard InChI is InChI=1S/2C20H28O3.CH4/c2*1-2-3-4-5-6-10-13-18-17(15-16-19(18)21)12-9-7-8-11-14-20(22)23;/h2*6-7,9-10,13,15-17H,2-5,8,11-12,14H2,1H3,(H,22,23);1H4/b2*9-7-,10-6+,18-13+;/t2*17-;/m00./s1. The Morgan fingerprint density at radius 3 is 1.34 bits per heavy atom. The summed E-state index contributed by atoms with van der Waals surface area (Å²) < 4.78 is 0. The second-order valence-corrected chi connectivity index (χ2v) is 11.7. The molecule has 0 radical (unpaired) electrons. The molecule has 0 aliphatic heterocycles. The fourth-order valence-corrected chi connectivity index (χ4v) is 5.02. The van der Waals surface area contributed by atoms with Gasteiger partial charge < -0.3 is 10.2 Å². The lowest BCUT2D eigenvalue weighted by molar-refractivity contribution is -0.138. The number of hydrogen-bond acceptors (Lipinski definition) is 4. The minimum atomic E-state index is -0.751. The van der Waals surface area contributed by atoms with Crippen LogP contribution >= 0.6 is 0 Å². The Morgan fingerprint density at radius 1 is 0.596 bits per heavy atom. The maximum absolute atomic E-state index is 11.9. The Kier molecular flexibility index (Phi) is 26.1. The lowest BCUT2D eigenvalue weighted by Crippen LogP contribution is -2.01. The third kappa shape index (κ3) is 21.6. The molecule has 2 aliphatic carbocycles. The molecule has 0 aromatic carbocycles. The number of unbranched alkanes of at least 4 members (excludes halogenated alkanes) is 8. The number of carbonyl (C=O) groups is 4. The Balaban J connectivity index is 0.000000882. The van der Waals surface area contributed by atoms with Gasteiger partial charge in [-0.15, -0.1) is 0 Å². The molecule has 2 aliphatic rings.